The number of halogens is 1. The Morgan fingerprint density at radius 3 is 2.47 bits per heavy atom. The normalized spacial score (nSPS) is 10.3. The average molecular weight is 258 g/mol. The zero-order chi connectivity index (χ0) is 13.8. The molecule has 2 aromatic carbocycles. The largest absolute Gasteiger partial charge is 0.488 e. The highest BCUT2D eigenvalue weighted by Gasteiger charge is 2.07. The van der Waals surface area contributed by atoms with Crippen LogP contribution in [0.1, 0.15) is 27.0 Å². The van der Waals surface area contributed by atoms with Gasteiger partial charge in [0, 0.05) is 0 Å². The number of aryl methyl sites for hydroxylation is 2. The fraction of sp³-hybridized carbons (Fsp3) is 0.188. The minimum absolute atomic E-state index is 0.228. The van der Waals surface area contributed by atoms with Gasteiger partial charge in [0.2, 0.25) is 0 Å². The minimum Gasteiger partial charge on any atom is -0.488 e. The highest BCUT2D eigenvalue weighted by Crippen LogP contribution is 2.21. The van der Waals surface area contributed by atoms with Crippen LogP contribution in [0.4, 0.5) is 4.39 Å². The molecule has 0 bridgehead atoms. The van der Waals surface area contributed by atoms with Crippen LogP contribution in [0.25, 0.3) is 0 Å². The summed E-state index contributed by atoms with van der Waals surface area (Å²) in [6.07, 6.45) is 0.600. The summed E-state index contributed by atoms with van der Waals surface area (Å²) in [4.78, 5) is 10.9. The Bertz CT molecular complexity index is 585. The van der Waals surface area contributed by atoms with Gasteiger partial charge in [0.05, 0.1) is 5.56 Å². The molecule has 0 aromatic heterocycles. The van der Waals surface area contributed by atoms with Crippen LogP contribution in [-0.2, 0) is 6.61 Å². The molecular weight excluding hydrogens is 243 g/mol. The summed E-state index contributed by atoms with van der Waals surface area (Å²) in [6.45, 7) is 4.39. The first kappa shape index (κ1) is 13.3. The minimum atomic E-state index is -0.443. The molecule has 0 aliphatic rings. The molecule has 3 heteroatoms. The topological polar surface area (TPSA) is 26.3 Å². The first-order valence-electron chi connectivity index (χ1n) is 6.04. The van der Waals surface area contributed by atoms with Gasteiger partial charge in [0.25, 0.3) is 0 Å². The highest BCUT2D eigenvalue weighted by atomic mass is 19.1. The molecule has 0 N–H and O–H groups in total. The lowest BCUT2D eigenvalue weighted by molar-refractivity contribution is 0.111. The summed E-state index contributed by atoms with van der Waals surface area (Å²) >= 11 is 0. The molecule has 0 aliphatic carbocycles. The number of carbonyl (C=O) groups is 1. The summed E-state index contributed by atoms with van der Waals surface area (Å²) in [6, 6.07) is 9.95. The van der Waals surface area contributed by atoms with E-state index in [-0.39, 0.29) is 5.56 Å². The Balaban J connectivity index is 2.21. The van der Waals surface area contributed by atoms with Gasteiger partial charge in [-0.05, 0) is 48.7 Å². The van der Waals surface area contributed by atoms with Crippen molar-refractivity contribution in [1.29, 1.82) is 0 Å². The first-order valence-corrected chi connectivity index (χ1v) is 6.04. The summed E-state index contributed by atoms with van der Waals surface area (Å²) in [5.74, 6) is -0.0411. The van der Waals surface area contributed by atoms with Gasteiger partial charge in [-0.2, -0.15) is 0 Å². The van der Waals surface area contributed by atoms with E-state index >= 15 is 0 Å². The summed E-state index contributed by atoms with van der Waals surface area (Å²) in [7, 11) is 0. The molecule has 19 heavy (non-hydrogen) atoms. The average Bonchev–Trinajstić information content (AvgIpc) is 2.39. The van der Waals surface area contributed by atoms with Gasteiger partial charge in [-0.1, -0.05) is 18.2 Å². The number of benzene rings is 2. The predicted molar refractivity (Wildman–Crippen MR) is 72.0 cm³/mol. The maximum atomic E-state index is 13.0. The molecule has 0 atom stereocenters. The SMILES string of the molecule is Cc1cccc(C)c1COc1ccc(F)cc1C=O. The van der Waals surface area contributed by atoms with Crippen LogP contribution in [-0.4, -0.2) is 6.29 Å². The van der Waals surface area contributed by atoms with E-state index < -0.39 is 5.82 Å². The van der Waals surface area contributed by atoms with E-state index in [1.165, 1.54) is 18.2 Å². The molecule has 0 radical (unpaired) electrons. The highest BCUT2D eigenvalue weighted by molar-refractivity contribution is 5.79. The zero-order valence-corrected chi connectivity index (χ0v) is 10.9. The van der Waals surface area contributed by atoms with Crippen LogP contribution < -0.4 is 4.74 Å². The number of ether oxygens (including phenoxy) is 1. The summed E-state index contributed by atoms with van der Waals surface area (Å²) < 4.78 is 18.6. The van der Waals surface area contributed by atoms with Gasteiger partial charge >= 0.3 is 0 Å². The number of carbonyl (C=O) groups excluding carboxylic acids is 1. The van der Waals surface area contributed by atoms with E-state index in [2.05, 4.69) is 0 Å². The maximum absolute atomic E-state index is 13.0. The molecule has 98 valence electrons. The van der Waals surface area contributed by atoms with Gasteiger partial charge in [-0.15, -0.1) is 0 Å². The molecule has 0 unspecified atom stereocenters. The molecule has 0 spiro atoms. The Morgan fingerprint density at radius 1 is 1.16 bits per heavy atom. The van der Waals surface area contributed by atoms with Gasteiger partial charge in [-0.25, -0.2) is 4.39 Å². The van der Waals surface area contributed by atoms with Gasteiger partial charge in [0.15, 0.2) is 6.29 Å². The molecule has 0 amide bonds. The molecule has 0 saturated carbocycles. The standard InChI is InChI=1S/C16H15FO2/c1-11-4-3-5-12(2)15(11)10-19-16-7-6-14(17)8-13(16)9-18/h3-9H,10H2,1-2H3. The van der Waals surface area contributed by atoms with Crippen LogP contribution in [0.5, 0.6) is 5.75 Å². The lowest BCUT2D eigenvalue weighted by atomic mass is 10.0. The quantitative estimate of drug-likeness (QED) is 0.779. The second kappa shape index (κ2) is 5.65. The second-order valence-electron chi connectivity index (χ2n) is 4.46. The number of aldehydes is 1. The third-order valence-corrected chi connectivity index (χ3v) is 3.12. The Labute approximate surface area is 111 Å². The van der Waals surface area contributed by atoms with Crippen molar-refractivity contribution in [3.63, 3.8) is 0 Å². The molecule has 0 fully saturated rings. The molecule has 2 rings (SSSR count). The molecule has 0 heterocycles. The van der Waals surface area contributed by atoms with E-state index in [9.17, 15) is 9.18 Å². The van der Waals surface area contributed by atoms with Gasteiger partial charge in [0.1, 0.15) is 18.2 Å². The monoisotopic (exact) mass is 258 g/mol. The third-order valence-electron chi connectivity index (χ3n) is 3.12. The molecule has 0 aliphatic heterocycles. The molecule has 0 saturated heterocycles. The van der Waals surface area contributed by atoms with Crippen molar-refractivity contribution in [2.24, 2.45) is 0 Å². The first-order chi connectivity index (χ1) is 9.11. The van der Waals surface area contributed by atoms with Crippen molar-refractivity contribution < 1.29 is 13.9 Å². The predicted octanol–water partition coefficient (Wildman–Crippen LogP) is 3.83. The van der Waals surface area contributed by atoms with Crippen LogP contribution in [0, 0.1) is 19.7 Å². The third kappa shape index (κ3) is 2.99. The van der Waals surface area contributed by atoms with Crippen LogP contribution in [0.3, 0.4) is 0 Å². The molecule has 2 nitrogen and oxygen atoms in total. The fourth-order valence-corrected chi connectivity index (χ4v) is 1.97. The number of hydrogen-bond acceptors (Lipinski definition) is 2. The Kier molecular flexibility index (Phi) is 3.95. The summed E-state index contributed by atoms with van der Waals surface area (Å²) in [5.41, 5.74) is 3.58. The number of hydrogen-bond donors (Lipinski definition) is 0. The van der Waals surface area contributed by atoms with Crippen molar-refractivity contribution in [3.05, 3.63) is 64.5 Å². The van der Waals surface area contributed by atoms with E-state index in [1.54, 1.807) is 0 Å². The van der Waals surface area contributed by atoms with Crippen LogP contribution >= 0.6 is 0 Å². The van der Waals surface area contributed by atoms with E-state index in [4.69, 9.17) is 4.74 Å². The van der Waals surface area contributed by atoms with Crippen LogP contribution in [0.15, 0.2) is 36.4 Å². The maximum Gasteiger partial charge on any atom is 0.153 e. The van der Waals surface area contributed by atoms with E-state index in [0.29, 0.717) is 18.6 Å². The van der Waals surface area contributed by atoms with Gasteiger partial charge < -0.3 is 4.74 Å². The smallest absolute Gasteiger partial charge is 0.153 e. The Hall–Kier alpha value is -2.16. The van der Waals surface area contributed by atoms with Crippen molar-refractivity contribution in [3.8, 4) is 5.75 Å². The van der Waals surface area contributed by atoms with Crippen molar-refractivity contribution in [2.45, 2.75) is 20.5 Å². The van der Waals surface area contributed by atoms with E-state index in [0.717, 1.165) is 16.7 Å². The van der Waals surface area contributed by atoms with Crippen molar-refractivity contribution >= 4 is 6.29 Å². The van der Waals surface area contributed by atoms with Crippen molar-refractivity contribution in [2.75, 3.05) is 0 Å². The summed E-state index contributed by atoms with van der Waals surface area (Å²) in [5, 5.41) is 0. The number of rotatable bonds is 4. The van der Waals surface area contributed by atoms with Crippen molar-refractivity contribution in [1.82, 2.24) is 0 Å². The Morgan fingerprint density at radius 2 is 1.84 bits per heavy atom. The lowest BCUT2D eigenvalue weighted by Crippen LogP contribution is -2.02. The zero-order valence-electron chi connectivity index (χ0n) is 10.9. The van der Waals surface area contributed by atoms with E-state index in [1.807, 2.05) is 32.0 Å². The fourth-order valence-electron chi connectivity index (χ4n) is 1.97. The molecular formula is C16H15FO2. The molecule has 2 aromatic rings. The lowest BCUT2D eigenvalue weighted by Gasteiger charge is -2.12. The van der Waals surface area contributed by atoms with Crippen LogP contribution in [0.2, 0.25) is 0 Å². The van der Waals surface area contributed by atoms with Gasteiger partial charge in [-0.3, -0.25) is 4.79 Å². The second-order valence-corrected chi connectivity index (χ2v) is 4.46.